The summed E-state index contributed by atoms with van der Waals surface area (Å²) in [5.41, 5.74) is 0. The number of hydrogen-bond acceptors (Lipinski definition) is 4. The lowest BCUT2D eigenvalue weighted by molar-refractivity contribution is 0.0861. The summed E-state index contributed by atoms with van der Waals surface area (Å²) in [6, 6.07) is 0.694. The molecule has 0 aliphatic carbocycles. The average molecular weight is 297 g/mol. The standard InChI is InChI=1S/C17H36N4/c1-15(2)17(21-10-8-19(3)9-11-21)13-18-12-16-6-5-7-20(4)14-16/h15-18H,5-14H2,1-4H3. The molecule has 2 aliphatic rings. The van der Waals surface area contributed by atoms with Crippen LogP contribution in [0.1, 0.15) is 26.7 Å². The second kappa shape index (κ2) is 8.47. The normalized spacial score (nSPS) is 28.1. The third-order valence-corrected chi connectivity index (χ3v) is 5.29. The van der Waals surface area contributed by atoms with Gasteiger partial charge in [0.2, 0.25) is 0 Å². The van der Waals surface area contributed by atoms with Gasteiger partial charge in [-0.1, -0.05) is 13.8 Å². The predicted molar refractivity (Wildman–Crippen MR) is 90.8 cm³/mol. The Kier molecular flexibility index (Phi) is 6.93. The summed E-state index contributed by atoms with van der Waals surface area (Å²) >= 11 is 0. The molecule has 0 aromatic heterocycles. The molecule has 0 saturated carbocycles. The SMILES string of the molecule is CC(C)C(CNCC1CCCN(C)C1)N1CCN(C)CC1. The van der Waals surface area contributed by atoms with Gasteiger partial charge < -0.3 is 15.1 Å². The molecule has 2 unspecified atom stereocenters. The van der Waals surface area contributed by atoms with Crippen LogP contribution in [0.3, 0.4) is 0 Å². The van der Waals surface area contributed by atoms with Crippen LogP contribution < -0.4 is 5.32 Å². The van der Waals surface area contributed by atoms with E-state index in [0.717, 1.165) is 18.4 Å². The smallest absolute Gasteiger partial charge is 0.0244 e. The lowest BCUT2D eigenvalue weighted by atomic mass is 9.97. The number of nitrogens with one attached hydrogen (secondary N) is 1. The van der Waals surface area contributed by atoms with Gasteiger partial charge in [0.25, 0.3) is 0 Å². The van der Waals surface area contributed by atoms with Gasteiger partial charge >= 0.3 is 0 Å². The molecule has 2 atom stereocenters. The zero-order valence-electron chi connectivity index (χ0n) is 14.6. The zero-order chi connectivity index (χ0) is 15.2. The number of nitrogens with zero attached hydrogens (tertiary/aromatic N) is 3. The highest BCUT2D eigenvalue weighted by Gasteiger charge is 2.25. The molecule has 2 heterocycles. The van der Waals surface area contributed by atoms with Gasteiger partial charge in [0.15, 0.2) is 0 Å². The summed E-state index contributed by atoms with van der Waals surface area (Å²) in [6.45, 7) is 14.6. The van der Waals surface area contributed by atoms with Gasteiger partial charge in [0.05, 0.1) is 0 Å². The Labute approximate surface area is 131 Å². The summed E-state index contributed by atoms with van der Waals surface area (Å²) in [7, 11) is 4.49. The average Bonchev–Trinajstić information content (AvgIpc) is 2.45. The van der Waals surface area contributed by atoms with Crippen molar-refractivity contribution in [2.45, 2.75) is 32.7 Å². The zero-order valence-corrected chi connectivity index (χ0v) is 14.6. The van der Waals surface area contributed by atoms with E-state index < -0.39 is 0 Å². The van der Waals surface area contributed by atoms with Crippen LogP contribution >= 0.6 is 0 Å². The van der Waals surface area contributed by atoms with Crippen molar-refractivity contribution in [3.05, 3.63) is 0 Å². The minimum absolute atomic E-state index is 0.694. The Bertz CT molecular complexity index is 287. The molecule has 2 rings (SSSR count). The number of hydrogen-bond donors (Lipinski definition) is 1. The molecule has 2 fully saturated rings. The van der Waals surface area contributed by atoms with E-state index in [9.17, 15) is 0 Å². The van der Waals surface area contributed by atoms with Crippen molar-refractivity contribution < 1.29 is 0 Å². The first kappa shape index (κ1) is 17.2. The molecule has 4 nitrogen and oxygen atoms in total. The summed E-state index contributed by atoms with van der Waals surface area (Å²) in [6.07, 6.45) is 2.77. The highest BCUT2D eigenvalue weighted by atomic mass is 15.3. The van der Waals surface area contributed by atoms with E-state index >= 15 is 0 Å². The molecule has 2 aliphatic heterocycles. The van der Waals surface area contributed by atoms with Gasteiger partial charge in [-0.05, 0) is 51.9 Å². The van der Waals surface area contributed by atoms with Crippen LogP contribution in [-0.2, 0) is 0 Å². The fourth-order valence-corrected chi connectivity index (χ4v) is 3.82. The van der Waals surface area contributed by atoms with Gasteiger partial charge in [-0.15, -0.1) is 0 Å². The van der Waals surface area contributed by atoms with Gasteiger partial charge in [-0.25, -0.2) is 0 Å². The highest BCUT2D eigenvalue weighted by Crippen LogP contribution is 2.15. The Morgan fingerprint density at radius 1 is 1.00 bits per heavy atom. The molecule has 1 N–H and O–H groups in total. The van der Waals surface area contributed by atoms with Crippen LogP contribution in [0.15, 0.2) is 0 Å². The van der Waals surface area contributed by atoms with E-state index in [0.29, 0.717) is 6.04 Å². The molecule has 21 heavy (non-hydrogen) atoms. The van der Waals surface area contributed by atoms with E-state index in [1.54, 1.807) is 0 Å². The Morgan fingerprint density at radius 3 is 2.33 bits per heavy atom. The molecule has 0 radical (unpaired) electrons. The Hall–Kier alpha value is -0.160. The number of piperidine rings is 1. The summed E-state index contributed by atoms with van der Waals surface area (Å²) < 4.78 is 0. The quantitative estimate of drug-likeness (QED) is 0.795. The molecule has 0 spiro atoms. The molecular weight excluding hydrogens is 260 g/mol. The van der Waals surface area contributed by atoms with Crippen molar-refractivity contribution in [1.82, 2.24) is 20.0 Å². The molecule has 0 aromatic rings. The van der Waals surface area contributed by atoms with Crippen molar-refractivity contribution >= 4 is 0 Å². The molecule has 0 amide bonds. The highest BCUT2D eigenvalue weighted by molar-refractivity contribution is 4.82. The minimum atomic E-state index is 0.694. The number of piperazine rings is 1. The van der Waals surface area contributed by atoms with Crippen LogP contribution in [0.25, 0.3) is 0 Å². The maximum atomic E-state index is 3.78. The third-order valence-electron chi connectivity index (χ3n) is 5.29. The van der Waals surface area contributed by atoms with Crippen LogP contribution in [0.4, 0.5) is 0 Å². The summed E-state index contributed by atoms with van der Waals surface area (Å²) in [5, 5.41) is 3.78. The number of rotatable bonds is 6. The first-order valence-corrected chi connectivity index (χ1v) is 8.88. The molecule has 0 aromatic carbocycles. The topological polar surface area (TPSA) is 21.8 Å². The van der Waals surface area contributed by atoms with Crippen molar-refractivity contribution in [2.24, 2.45) is 11.8 Å². The molecule has 4 heteroatoms. The second-order valence-corrected chi connectivity index (χ2v) is 7.58. The van der Waals surface area contributed by atoms with Crippen LogP contribution in [0, 0.1) is 11.8 Å². The number of likely N-dealkylation sites (tertiary alicyclic amines) is 1. The summed E-state index contributed by atoms with van der Waals surface area (Å²) in [4.78, 5) is 7.63. The Balaban J connectivity index is 1.72. The fourth-order valence-electron chi connectivity index (χ4n) is 3.82. The van der Waals surface area contributed by atoms with Crippen molar-refractivity contribution in [1.29, 1.82) is 0 Å². The number of likely N-dealkylation sites (N-methyl/N-ethyl adjacent to an activating group) is 1. The van der Waals surface area contributed by atoms with E-state index in [1.165, 1.54) is 58.7 Å². The molecular formula is C17H36N4. The predicted octanol–water partition coefficient (Wildman–Crippen LogP) is 1.19. The fraction of sp³-hybridized carbons (Fsp3) is 1.00. The largest absolute Gasteiger partial charge is 0.315 e. The van der Waals surface area contributed by atoms with E-state index in [2.05, 4.69) is 48.0 Å². The van der Waals surface area contributed by atoms with Gasteiger partial charge in [0.1, 0.15) is 0 Å². The lowest BCUT2D eigenvalue weighted by Gasteiger charge is -2.40. The molecule has 124 valence electrons. The van der Waals surface area contributed by atoms with Crippen molar-refractivity contribution in [2.75, 3.05) is 66.5 Å². The van der Waals surface area contributed by atoms with Gasteiger partial charge in [-0.2, -0.15) is 0 Å². The maximum absolute atomic E-state index is 3.78. The van der Waals surface area contributed by atoms with Crippen LogP contribution in [0.2, 0.25) is 0 Å². The first-order chi connectivity index (χ1) is 10.1. The van der Waals surface area contributed by atoms with Crippen LogP contribution in [-0.4, -0.2) is 87.2 Å². The van der Waals surface area contributed by atoms with E-state index in [-0.39, 0.29) is 0 Å². The Morgan fingerprint density at radius 2 is 1.71 bits per heavy atom. The van der Waals surface area contributed by atoms with Crippen molar-refractivity contribution in [3.8, 4) is 0 Å². The first-order valence-electron chi connectivity index (χ1n) is 8.88. The van der Waals surface area contributed by atoms with Gasteiger partial charge in [0, 0.05) is 45.3 Å². The third kappa shape index (κ3) is 5.51. The van der Waals surface area contributed by atoms with Crippen LogP contribution in [0.5, 0.6) is 0 Å². The molecule has 0 bridgehead atoms. The van der Waals surface area contributed by atoms with E-state index in [4.69, 9.17) is 0 Å². The van der Waals surface area contributed by atoms with E-state index in [1.807, 2.05) is 0 Å². The monoisotopic (exact) mass is 296 g/mol. The maximum Gasteiger partial charge on any atom is 0.0244 e. The summed E-state index contributed by atoms with van der Waals surface area (Å²) in [5.74, 6) is 1.58. The van der Waals surface area contributed by atoms with Gasteiger partial charge in [-0.3, -0.25) is 4.90 Å². The molecule has 2 saturated heterocycles. The second-order valence-electron chi connectivity index (χ2n) is 7.58. The van der Waals surface area contributed by atoms with Crippen molar-refractivity contribution in [3.63, 3.8) is 0 Å². The minimum Gasteiger partial charge on any atom is -0.315 e. The lowest BCUT2D eigenvalue weighted by Crippen LogP contribution is -2.54.